The second-order valence-electron chi connectivity index (χ2n) is 4.61. The highest BCUT2D eigenvalue weighted by atomic mass is 79.9. The molecule has 0 spiro atoms. The number of aryl methyl sites for hydroxylation is 1. The van der Waals surface area contributed by atoms with Gasteiger partial charge in [0.1, 0.15) is 0 Å². The molecule has 1 unspecified atom stereocenters. The van der Waals surface area contributed by atoms with E-state index in [0.29, 0.717) is 6.54 Å². The molecule has 0 saturated carbocycles. The first-order chi connectivity index (χ1) is 8.90. The molecule has 0 aliphatic heterocycles. The summed E-state index contributed by atoms with van der Waals surface area (Å²) < 4.78 is 27.9. The van der Waals surface area contributed by atoms with Gasteiger partial charge in [0.2, 0.25) is 10.0 Å². The van der Waals surface area contributed by atoms with Crippen molar-refractivity contribution in [2.75, 3.05) is 6.54 Å². The Morgan fingerprint density at radius 1 is 1.40 bits per heavy atom. The molecule has 1 aromatic carbocycles. The lowest BCUT2D eigenvalue weighted by Gasteiger charge is -2.17. The lowest BCUT2D eigenvalue weighted by Crippen LogP contribution is -2.40. The molecule has 0 aromatic heterocycles. The zero-order valence-corrected chi connectivity index (χ0v) is 14.9. The molecule has 0 aliphatic carbocycles. The number of benzene rings is 1. The van der Waals surface area contributed by atoms with Crippen molar-refractivity contribution in [3.63, 3.8) is 0 Å². The van der Waals surface area contributed by atoms with Gasteiger partial charge in [0, 0.05) is 17.1 Å². The fourth-order valence-corrected chi connectivity index (χ4v) is 3.54. The zero-order chi connectivity index (χ0) is 14.5. The van der Waals surface area contributed by atoms with Crippen LogP contribution in [0.3, 0.4) is 0 Å². The van der Waals surface area contributed by atoms with Crippen molar-refractivity contribution in [3.8, 4) is 0 Å². The van der Waals surface area contributed by atoms with Crippen LogP contribution in [0.5, 0.6) is 0 Å². The van der Waals surface area contributed by atoms with Crippen LogP contribution in [0.4, 0.5) is 0 Å². The highest BCUT2D eigenvalue weighted by Gasteiger charge is 2.19. The number of hydrogen-bond donors (Lipinski definition) is 2. The van der Waals surface area contributed by atoms with Crippen LogP contribution in [0.1, 0.15) is 31.7 Å². The molecular weight excluding hydrogens is 364 g/mol. The minimum Gasteiger partial charge on any atom is -0.329 e. The van der Waals surface area contributed by atoms with Gasteiger partial charge in [0.05, 0.1) is 4.90 Å². The van der Waals surface area contributed by atoms with E-state index in [1.807, 2.05) is 6.92 Å². The van der Waals surface area contributed by atoms with Crippen LogP contribution in [-0.2, 0) is 10.0 Å². The summed E-state index contributed by atoms with van der Waals surface area (Å²) >= 11 is 3.35. The maximum Gasteiger partial charge on any atom is 0.240 e. The molecule has 20 heavy (non-hydrogen) atoms. The summed E-state index contributed by atoms with van der Waals surface area (Å²) in [5.41, 5.74) is 6.62. The van der Waals surface area contributed by atoms with Gasteiger partial charge in [0.25, 0.3) is 0 Å². The SMILES string of the molecule is CCCCC(CN)NS(=O)(=O)c1ccc(C)c(Br)c1.Cl. The molecule has 0 aliphatic rings. The second-order valence-corrected chi connectivity index (χ2v) is 7.18. The second kappa shape index (κ2) is 9.00. The molecule has 0 bridgehead atoms. The van der Waals surface area contributed by atoms with Crippen molar-refractivity contribution >= 4 is 38.4 Å². The molecule has 116 valence electrons. The first kappa shape index (κ1) is 19.9. The Bertz CT molecular complexity index is 523. The third-order valence-corrected chi connectivity index (χ3v) is 5.34. The maximum atomic E-state index is 12.2. The quantitative estimate of drug-likeness (QED) is 0.758. The lowest BCUT2D eigenvalue weighted by atomic mass is 10.1. The maximum absolute atomic E-state index is 12.2. The molecule has 0 radical (unpaired) electrons. The van der Waals surface area contributed by atoms with Crippen molar-refractivity contribution in [1.82, 2.24) is 4.72 Å². The van der Waals surface area contributed by atoms with Gasteiger partial charge in [-0.25, -0.2) is 13.1 Å². The van der Waals surface area contributed by atoms with Gasteiger partial charge in [-0.3, -0.25) is 0 Å². The van der Waals surface area contributed by atoms with Crippen LogP contribution >= 0.6 is 28.3 Å². The number of nitrogens with one attached hydrogen (secondary N) is 1. The fourth-order valence-electron chi connectivity index (χ4n) is 1.70. The standard InChI is InChI=1S/C13H21BrN2O2S.ClH/c1-3-4-5-11(9-15)16-19(17,18)12-7-6-10(2)13(14)8-12;/h6-8,11,16H,3-5,9,15H2,1-2H3;1H. The molecule has 3 N–H and O–H groups in total. The average Bonchev–Trinajstić information content (AvgIpc) is 2.37. The summed E-state index contributed by atoms with van der Waals surface area (Å²) in [6.45, 7) is 4.29. The fraction of sp³-hybridized carbons (Fsp3) is 0.538. The van der Waals surface area contributed by atoms with Crippen LogP contribution in [0.15, 0.2) is 27.6 Å². The van der Waals surface area contributed by atoms with Gasteiger partial charge in [-0.1, -0.05) is 41.8 Å². The van der Waals surface area contributed by atoms with Crippen molar-refractivity contribution in [2.24, 2.45) is 5.73 Å². The number of nitrogens with two attached hydrogens (primary N) is 1. The van der Waals surface area contributed by atoms with E-state index in [9.17, 15) is 8.42 Å². The van der Waals surface area contributed by atoms with Crippen molar-refractivity contribution in [2.45, 2.75) is 44.0 Å². The van der Waals surface area contributed by atoms with E-state index >= 15 is 0 Å². The predicted octanol–water partition coefficient (Wildman–Crippen LogP) is 2.98. The molecule has 1 aromatic rings. The van der Waals surface area contributed by atoms with Gasteiger partial charge < -0.3 is 5.73 Å². The first-order valence-electron chi connectivity index (χ1n) is 6.39. The number of halogens is 2. The topological polar surface area (TPSA) is 72.2 Å². The largest absolute Gasteiger partial charge is 0.329 e. The van der Waals surface area contributed by atoms with Crippen molar-refractivity contribution in [3.05, 3.63) is 28.2 Å². The van der Waals surface area contributed by atoms with Gasteiger partial charge in [0.15, 0.2) is 0 Å². The summed E-state index contributed by atoms with van der Waals surface area (Å²) in [5, 5.41) is 0. The van der Waals surface area contributed by atoms with Gasteiger partial charge in [-0.15, -0.1) is 12.4 Å². The smallest absolute Gasteiger partial charge is 0.240 e. The molecule has 0 heterocycles. The number of unbranched alkanes of at least 4 members (excludes halogenated alkanes) is 1. The summed E-state index contributed by atoms with van der Waals surface area (Å²) in [6, 6.07) is 4.80. The minimum atomic E-state index is -3.50. The van der Waals surface area contributed by atoms with Gasteiger partial charge in [-0.05, 0) is 31.0 Å². The highest BCUT2D eigenvalue weighted by molar-refractivity contribution is 9.10. The van der Waals surface area contributed by atoms with Crippen LogP contribution in [0, 0.1) is 6.92 Å². The molecule has 0 fully saturated rings. The van der Waals surface area contributed by atoms with Crippen LogP contribution < -0.4 is 10.5 Å². The van der Waals surface area contributed by atoms with Gasteiger partial charge >= 0.3 is 0 Å². The normalized spacial score (nSPS) is 12.8. The molecular formula is C13H22BrClN2O2S. The van der Waals surface area contributed by atoms with E-state index in [0.717, 1.165) is 29.3 Å². The predicted molar refractivity (Wildman–Crippen MR) is 88.8 cm³/mol. The summed E-state index contributed by atoms with van der Waals surface area (Å²) in [5.74, 6) is 0. The van der Waals surface area contributed by atoms with E-state index in [-0.39, 0.29) is 23.3 Å². The van der Waals surface area contributed by atoms with Gasteiger partial charge in [-0.2, -0.15) is 0 Å². The van der Waals surface area contributed by atoms with Crippen molar-refractivity contribution < 1.29 is 8.42 Å². The summed E-state index contributed by atoms with van der Waals surface area (Å²) in [7, 11) is -3.50. The third kappa shape index (κ3) is 5.69. The van der Waals surface area contributed by atoms with E-state index < -0.39 is 10.0 Å². The Morgan fingerprint density at radius 2 is 2.05 bits per heavy atom. The molecule has 4 nitrogen and oxygen atoms in total. The Balaban J connectivity index is 0.00000361. The molecule has 0 saturated heterocycles. The Kier molecular flexibility index (Phi) is 8.93. The number of hydrogen-bond acceptors (Lipinski definition) is 3. The van der Waals surface area contributed by atoms with E-state index in [1.54, 1.807) is 18.2 Å². The summed E-state index contributed by atoms with van der Waals surface area (Å²) in [6.07, 6.45) is 2.75. The van der Waals surface area contributed by atoms with Crippen molar-refractivity contribution in [1.29, 1.82) is 0 Å². The van der Waals surface area contributed by atoms with E-state index in [2.05, 4.69) is 27.6 Å². The zero-order valence-electron chi connectivity index (χ0n) is 11.7. The Morgan fingerprint density at radius 3 is 2.55 bits per heavy atom. The molecule has 0 amide bonds. The molecule has 7 heteroatoms. The Labute approximate surface area is 136 Å². The number of sulfonamides is 1. The van der Waals surface area contributed by atoms with E-state index in [4.69, 9.17) is 5.73 Å². The lowest BCUT2D eigenvalue weighted by molar-refractivity contribution is 0.516. The van der Waals surface area contributed by atoms with Crippen LogP contribution in [0.25, 0.3) is 0 Å². The van der Waals surface area contributed by atoms with Crippen LogP contribution in [0.2, 0.25) is 0 Å². The molecule has 1 rings (SSSR count). The average molecular weight is 386 g/mol. The van der Waals surface area contributed by atoms with Crippen LogP contribution in [-0.4, -0.2) is 21.0 Å². The van der Waals surface area contributed by atoms with E-state index in [1.165, 1.54) is 0 Å². The monoisotopic (exact) mass is 384 g/mol. The number of rotatable bonds is 7. The highest BCUT2D eigenvalue weighted by Crippen LogP contribution is 2.20. The summed E-state index contributed by atoms with van der Waals surface area (Å²) in [4.78, 5) is 0.264. The third-order valence-electron chi connectivity index (χ3n) is 2.97. The minimum absolute atomic E-state index is 0. The molecule has 1 atom stereocenters. The first-order valence-corrected chi connectivity index (χ1v) is 8.67. The Hall–Kier alpha value is -0.140.